The van der Waals surface area contributed by atoms with Gasteiger partial charge in [0.15, 0.2) is 0 Å². The average molecular weight is 172 g/mol. The molecule has 2 heteroatoms. The summed E-state index contributed by atoms with van der Waals surface area (Å²) in [6, 6.07) is 0.789. The third kappa shape index (κ3) is 1.38. The molecule has 3 unspecified atom stereocenters. The molecule has 74 valence electrons. The molecule has 0 amide bonds. The predicted octanol–water partition coefficient (Wildman–Crippen LogP) is 1.33. The second kappa shape index (κ2) is 3.35. The lowest BCUT2D eigenvalue weighted by molar-refractivity contribution is 0.249. The van der Waals surface area contributed by atoms with E-state index in [2.05, 4.69) is 24.5 Å². The number of piperidine rings is 1. The summed E-state index contributed by atoms with van der Waals surface area (Å²) in [6.07, 6.45) is 1.38. The summed E-state index contributed by atoms with van der Waals surface area (Å²) in [5.41, 5.74) is 0. The van der Waals surface area contributed by atoms with Crippen molar-refractivity contribution in [3.8, 4) is 0 Å². The Bertz CT molecular complexity index is 164. The van der Waals surface area contributed by atoms with Gasteiger partial charge >= 0.3 is 0 Å². The Morgan fingerprint density at radius 2 is 2.17 bits per heavy atom. The van der Waals surface area contributed by atoms with Gasteiger partial charge in [-0.1, -0.05) is 13.8 Å². The highest BCUT2D eigenvalue weighted by atomic mass is 15.0. The van der Waals surface area contributed by atoms with Crippen LogP contribution in [0.1, 0.15) is 23.1 Å². The van der Waals surface area contributed by atoms with Gasteiger partial charge in [0.1, 0.15) is 0 Å². The van der Waals surface area contributed by atoms with Crippen molar-refractivity contribution >= 4 is 0 Å². The van der Waals surface area contributed by atoms with Crippen LogP contribution in [-0.2, 0) is 0 Å². The first kappa shape index (κ1) is 8.52. The van der Waals surface area contributed by atoms with Crippen LogP contribution in [0, 0.1) is 17.8 Å². The lowest BCUT2D eigenvalue weighted by Gasteiger charge is -2.30. The average Bonchev–Trinajstić information content (AvgIpc) is 2.47. The van der Waals surface area contributed by atoms with Crippen LogP contribution in [0.3, 0.4) is 0 Å². The first-order valence-electron chi connectivity index (χ1n) is 5.23. The van der Waals surface area contributed by atoms with E-state index in [1.807, 2.05) is 0 Å². The maximum Gasteiger partial charge on any atom is 0.0122 e. The summed E-state index contributed by atoms with van der Waals surface area (Å²) in [7, 11) is 0. The van der Waals surface area contributed by atoms with Crippen LogP contribution in [0.2, 0.25) is 0 Å². The van der Waals surface area contributed by atoms with Crippen LogP contribution in [0.25, 0.3) is 0 Å². The SMILES string of the molecule is CC(C)C1NCC2CNCCC21.[HH].[HH]. The molecule has 2 heterocycles. The van der Waals surface area contributed by atoms with Crippen LogP contribution >= 0.6 is 0 Å². The summed E-state index contributed by atoms with van der Waals surface area (Å²) in [6.45, 7) is 8.37. The van der Waals surface area contributed by atoms with Crippen LogP contribution in [0.5, 0.6) is 0 Å². The van der Waals surface area contributed by atoms with Crippen molar-refractivity contribution in [1.29, 1.82) is 0 Å². The van der Waals surface area contributed by atoms with Gasteiger partial charge in [-0.25, -0.2) is 0 Å². The zero-order valence-corrected chi connectivity index (χ0v) is 8.14. The fourth-order valence-electron chi connectivity index (χ4n) is 2.81. The molecule has 0 aromatic heterocycles. The molecule has 12 heavy (non-hydrogen) atoms. The summed E-state index contributed by atoms with van der Waals surface area (Å²) in [5, 5.41) is 7.13. The van der Waals surface area contributed by atoms with E-state index >= 15 is 0 Å². The summed E-state index contributed by atoms with van der Waals surface area (Å²) in [5.74, 6) is 2.66. The number of fused-ring (bicyclic) bond motifs is 1. The molecule has 0 saturated carbocycles. The molecular formula is C10H24N2. The molecule has 3 atom stereocenters. The minimum Gasteiger partial charge on any atom is -0.316 e. The third-order valence-corrected chi connectivity index (χ3v) is 3.46. The van der Waals surface area contributed by atoms with Crippen molar-refractivity contribution in [3.63, 3.8) is 0 Å². The van der Waals surface area contributed by atoms with Crippen molar-refractivity contribution in [2.75, 3.05) is 19.6 Å². The maximum atomic E-state index is 3.66. The van der Waals surface area contributed by atoms with Crippen molar-refractivity contribution in [2.24, 2.45) is 17.8 Å². The predicted molar refractivity (Wildman–Crippen MR) is 55.3 cm³/mol. The van der Waals surface area contributed by atoms with Crippen LogP contribution in [0.15, 0.2) is 0 Å². The van der Waals surface area contributed by atoms with Crippen molar-refractivity contribution < 1.29 is 2.85 Å². The molecule has 2 N–H and O–H groups in total. The van der Waals surface area contributed by atoms with E-state index < -0.39 is 0 Å². The van der Waals surface area contributed by atoms with Gasteiger partial charge in [0.05, 0.1) is 0 Å². The van der Waals surface area contributed by atoms with E-state index in [0.29, 0.717) is 0 Å². The van der Waals surface area contributed by atoms with E-state index in [0.717, 1.165) is 23.8 Å². The Kier molecular flexibility index (Phi) is 2.37. The quantitative estimate of drug-likeness (QED) is 0.623. The third-order valence-electron chi connectivity index (χ3n) is 3.46. The van der Waals surface area contributed by atoms with Gasteiger partial charge < -0.3 is 10.6 Å². The molecule has 0 aromatic rings. The topological polar surface area (TPSA) is 24.1 Å². The fourth-order valence-corrected chi connectivity index (χ4v) is 2.81. The van der Waals surface area contributed by atoms with Gasteiger partial charge in [-0.2, -0.15) is 0 Å². The van der Waals surface area contributed by atoms with Gasteiger partial charge in [-0.05, 0) is 43.8 Å². The van der Waals surface area contributed by atoms with Crippen molar-refractivity contribution in [2.45, 2.75) is 26.3 Å². The Morgan fingerprint density at radius 3 is 2.92 bits per heavy atom. The molecule has 2 rings (SSSR count). The molecule has 0 bridgehead atoms. The zero-order chi connectivity index (χ0) is 8.55. The van der Waals surface area contributed by atoms with Gasteiger partial charge in [0.25, 0.3) is 0 Å². The Morgan fingerprint density at radius 1 is 1.33 bits per heavy atom. The van der Waals surface area contributed by atoms with Gasteiger partial charge in [-0.3, -0.25) is 0 Å². The zero-order valence-electron chi connectivity index (χ0n) is 8.14. The van der Waals surface area contributed by atoms with Crippen molar-refractivity contribution in [1.82, 2.24) is 10.6 Å². The summed E-state index contributed by atoms with van der Waals surface area (Å²) in [4.78, 5) is 0. The summed E-state index contributed by atoms with van der Waals surface area (Å²) < 4.78 is 0. The molecule has 2 saturated heterocycles. The Hall–Kier alpha value is -0.0800. The van der Waals surface area contributed by atoms with E-state index in [1.165, 1.54) is 26.1 Å². The summed E-state index contributed by atoms with van der Waals surface area (Å²) >= 11 is 0. The number of nitrogens with one attached hydrogen (secondary N) is 2. The lowest BCUT2D eigenvalue weighted by atomic mass is 9.81. The van der Waals surface area contributed by atoms with Gasteiger partial charge in [0.2, 0.25) is 0 Å². The van der Waals surface area contributed by atoms with E-state index in [9.17, 15) is 0 Å². The second-order valence-electron chi connectivity index (χ2n) is 4.59. The first-order chi connectivity index (χ1) is 5.79. The lowest BCUT2D eigenvalue weighted by Crippen LogP contribution is -2.40. The van der Waals surface area contributed by atoms with E-state index in [4.69, 9.17) is 0 Å². The monoisotopic (exact) mass is 172 g/mol. The van der Waals surface area contributed by atoms with Crippen LogP contribution in [0.4, 0.5) is 0 Å². The molecule has 0 aliphatic carbocycles. The highest BCUT2D eigenvalue weighted by Crippen LogP contribution is 2.31. The number of hydrogen-bond donors (Lipinski definition) is 2. The number of hydrogen-bond acceptors (Lipinski definition) is 2. The van der Waals surface area contributed by atoms with E-state index in [1.54, 1.807) is 0 Å². The second-order valence-corrected chi connectivity index (χ2v) is 4.59. The molecule has 0 radical (unpaired) electrons. The first-order valence-corrected chi connectivity index (χ1v) is 5.23. The van der Waals surface area contributed by atoms with E-state index in [-0.39, 0.29) is 2.85 Å². The molecule has 2 nitrogen and oxygen atoms in total. The van der Waals surface area contributed by atoms with Crippen LogP contribution in [-0.4, -0.2) is 25.7 Å². The van der Waals surface area contributed by atoms with Crippen molar-refractivity contribution in [3.05, 3.63) is 0 Å². The smallest absolute Gasteiger partial charge is 0.0122 e. The Labute approximate surface area is 78.1 Å². The number of rotatable bonds is 1. The molecule has 2 aliphatic heterocycles. The molecule has 0 aromatic carbocycles. The Balaban J connectivity index is 0.000000845. The van der Waals surface area contributed by atoms with Crippen LogP contribution < -0.4 is 10.6 Å². The molecule has 2 fully saturated rings. The minimum atomic E-state index is 0. The normalized spacial score (nSPS) is 41.8. The fraction of sp³-hybridized carbons (Fsp3) is 1.00. The largest absolute Gasteiger partial charge is 0.316 e. The highest BCUT2D eigenvalue weighted by Gasteiger charge is 2.38. The molecule has 2 aliphatic rings. The molecule has 0 spiro atoms. The molecular weight excluding hydrogens is 148 g/mol. The minimum absolute atomic E-state index is 0. The van der Waals surface area contributed by atoms with Gasteiger partial charge in [0, 0.05) is 8.90 Å². The standard InChI is InChI=1S/C10H20N2.2H2/c1-7(2)10-9-3-4-11-5-8(9)6-12-10;;/h7-12H,3-6H2,1-2H3;2*1H. The van der Waals surface area contributed by atoms with Gasteiger partial charge in [-0.15, -0.1) is 0 Å². The maximum absolute atomic E-state index is 3.66. The highest BCUT2D eigenvalue weighted by molar-refractivity contribution is 4.95.